The Morgan fingerprint density at radius 2 is 2.06 bits per heavy atom. The number of pyridine rings is 1. The maximum Gasteiger partial charge on any atom is 0.142 e. The normalized spacial score (nSPS) is 16.8. The molecule has 1 fully saturated rings. The molecule has 1 aromatic heterocycles. The van der Waals surface area contributed by atoms with Crippen molar-refractivity contribution in [1.82, 2.24) is 9.99 Å². The number of hydrogen-bond acceptors (Lipinski definition) is 5. The van der Waals surface area contributed by atoms with E-state index in [1.54, 1.807) is 0 Å². The summed E-state index contributed by atoms with van der Waals surface area (Å²) in [7, 11) is 0. The first-order chi connectivity index (χ1) is 8.38. The third-order valence-corrected chi connectivity index (χ3v) is 2.59. The van der Waals surface area contributed by atoms with Gasteiger partial charge in [-0.1, -0.05) is 13.0 Å². The van der Waals surface area contributed by atoms with E-state index < -0.39 is 0 Å². The predicted molar refractivity (Wildman–Crippen MR) is 69.0 cm³/mol. The van der Waals surface area contributed by atoms with Crippen LogP contribution >= 0.6 is 0 Å². The van der Waals surface area contributed by atoms with Crippen molar-refractivity contribution in [3.8, 4) is 0 Å². The molecule has 1 saturated heterocycles. The van der Waals surface area contributed by atoms with E-state index in [1.807, 2.05) is 18.2 Å². The van der Waals surface area contributed by atoms with E-state index in [1.165, 1.54) is 0 Å². The molecule has 0 bridgehead atoms. The van der Waals surface area contributed by atoms with Crippen LogP contribution in [0.1, 0.15) is 13.3 Å². The molecule has 2 heterocycles. The van der Waals surface area contributed by atoms with E-state index in [2.05, 4.69) is 27.7 Å². The van der Waals surface area contributed by atoms with Crippen molar-refractivity contribution in [2.45, 2.75) is 13.3 Å². The number of nitrogens with zero attached hydrogens (tertiary/aromatic N) is 2. The molecule has 1 aliphatic heterocycles. The van der Waals surface area contributed by atoms with Crippen LogP contribution < -0.4 is 10.7 Å². The standard InChI is InChI=1S/C12H20N4O/c1-2-6-13-11-4-3-5-12(14-11)15-16-7-9-17-10-8-16/h3-5H,2,6-10H2,1H3,(H2,13,14,15). The highest BCUT2D eigenvalue weighted by atomic mass is 16.5. The van der Waals surface area contributed by atoms with Gasteiger partial charge in [0.1, 0.15) is 11.6 Å². The molecule has 17 heavy (non-hydrogen) atoms. The molecule has 1 aliphatic rings. The number of ether oxygens (including phenoxy) is 1. The molecule has 0 unspecified atom stereocenters. The average molecular weight is 236 g/mol. The highest BCUT2D eigenvalue weighted by Gasteiger charge is 2.10. The van der Waals surface area contributed by atoms with Gasteiger partial charge in [0.2, 0.25) is 0 Å². The Bertz CT molecular complexity index is 339. The number of morpholine rings is 1. The van der Waals surface area contributed by atoms with Crippen LogP contribution in [0.4, 0.5) is 11.6 Å². The molecule has 1 aromatic rings. The third kappa shape index (κ3) is 3.87. The summed E-state index contributed by atoms with van der Waals surface area (Å²) in [4.78, 5) is 4.50. The van der Waals surface area contributed by atoms with Crippen molar-refractivity contribution in [3.05, 3.63) is 18.2 Å². The van der Waals surface area contributed by atoms with Gasteiger partial charge in [-0.15, -0.1) is 0 Å². The molecule has 5 nitrogen and oxygen atoms in total. The minimum absolute atomic E-state index is 0.779. The van der Waals surface area contributed by atoms with Gasteiger partial charge in [0, 0.05) is 19.6 Å². The Labute approximate surface area is 102 Å². The van der Waals surface area contributed by atoms with Crippen LogP contribution in [0.5, 0.6) is 0 Å². The monoisotopic (exact) mass is 236 g/mol. The largest absolute Gasteiger partial charge is 0.379 e. The lowest BCUT2D eigenvalue weighted by Gasteiger charge is -2.27. The molecule has 0 radical (unpaired) electrons. The molecule has 0 spiro atoms. The molecule has 0 aromatic carbocycles. The van der Waals surface area contributed by atoms with Gasteiger partial charge >= 0.3 is 0 Å². The Hall–Kier alpha value is -1.33. The zero-order valence-electron chi connectivity index (χ0n) is 10.3. The van der Waals surface area contributed by atoms with Gasteiger partial charge < -0.3 is 15.5 Å². The Balaban J connectivity index is 1.90. The summed E-state index contributed by atoms with van der Waals surface area (Å²) in [6, 6.07) is 5.97. The second-order valence-corrected chi connectivity index (χ2v) is 4.05. The lowest BCUT2D eigenvalue weighted by atomic mass is 10.4. The van der Waals surface area contributed by atoms with Gasteiger partial charge in [-0.05, 0) is 18.6 Å². The van der Waals surface area contributed by atoms with Crippen LogP contribution in [0.25, 0.3) is 0 Å². The SMILES string of the molecule is CCCNc1cccc(NN2CCOCC2)n1. The van der Waals surface area contributed by atoms with E-state index in [0.29, 0.717) is 0 Å². The predicted octanol–water partition coefficient (Wildman–Crippen LogP) is 1.56. The van der Waals surface area contributed by atoms with Crippen molar-refractivity contribution in [2.75, 3.05) is 43.6 Å². The van der Waals surface area contributed by atoms with E-state index in [4.69, 9.17) is 4.74 Å². The van der Waals surface area contributed by atoms with Gasteiger partial charge in [-0.3, -0.25) is 0 Å². The molecule has 2 rings (SSSR count). The van der Waals surface area contributed by atoms with Crippen LogP contribution in [0.2, 0.25) is 0 Å². The van der Waals surface area contributed by atoms with Crippen molar-refractivity contribution in [1.29, 1.82) is 0 Å². The van der Waals surface area contributed by atoms with E-state index >= 15 is 0 Å². The molecule has 0 atom stereocenters. The summed E-state index contributed by atoms with van der Waals surface area (Å²) in [6.07, 6.45) is 1.10. The van der Waals surface area contributed by atoms with Crippen molar-refractivity contribution in [3.63, 3.8) is 0 Å². The second-order valence-electron chi connectivity index (χ2n) is 4.05. The van der Waals surface area contributed by atoms with Crippen LogP contribution in [-0.4, -0.2) is 42.8 Å². The maximum absolute atomic E-state index is 5.30. The van der Waals surface area contributed by atoms with Crippen LogP contribution in [0.3, 0.4) is 0 Å². The van der Waals surface area contributed by atoms with Crippen LogP contribution in [0.15, 0.2) is 18.2 Å². The molecule has 2 N–H and O–H groups in total. The first-order valence-electron chi connectivity index (χ1n) is 6.19. The fourth-order valence-electron chi connectivity index (χ4n) is 1.69. The topological polar surface area (TPSA) is 49.4 Å². The van der Waals surface area contributed by atoms with Crippen molar-refractivity contribution in [2.24, 2.45) is 0 Å². The van der Waals surface area contributed by atoms with Gasteiger partial charge in [0.25, 0.3) is 0 Å². The first kappa shape index (κ1) is 12.1. The Morgan fingerprint density at radius 1 is 1.29 bits per heavy atom. The molecule has 5 heteroatoms. The minimum atomic E-state index is 0.779. The Kier molecular flexibility index (Phi) is 4.58. The van der Waals surface area contributed by atoms with Gasteiger partial charge in [0.05, 0.1) is 13.2 Å². The summed E-state index contributed by atoms with van der Waals surface area (Å²) in [5.41, 5.74) is 3.30. The smallest absolute Gasteiger partial charge is 0.142 e. The summed E-state index contributed by atoms with van der Waals surface area (Å²) in [5, 5.41) is 5.41. The summed E-state index contributed by atoms with van der Waals surface area (Å²) in [5.74, 6) is 1.80. The number of aromatic nitrogens is 1. The fourth-order valence-corrected chi connectivity index (χ4v) is 1.69. The van der Waals surface area contributed by atoms with Gasteiger partial charge in [-0.2, -0.15) is 0 Å². The lowest BCUT2D eigenvalue weighted by Crippen LogP contribution is -2.40. The molecule has 0 amide bonds. The summed E-state index contributed by atoms with van der Waals surface area (Å²) >= 11 is 0. The maximum atomic E-state index is 5.30. The van der Waals surface area contributed by atoms with Gasteiger partial charge in [0.15, 0.2) is 0 Å². The van der Waals surface area contributed by atoms with Crippen molar-refractivity contribution >= 4 is 11.6 Å². The van der Waals surface area contributed by atoms with Gasteiger partial charge in [-0.25, -0.2) is 9.99 Å². The van der Waals surface area contributed by atoms with E-state index in [9.17, 15) is 0 Å². The second kappa shape index (κ2) is 6.42. The van der Waals surface area contributed by atoms with Crippen molar-refractivity contribution < 1.29 is 4.74 Å². The zero-order chi connectivity index (χ0) is 11.9. The third-order valence-electron chi connectivity index (χ3n) is 2.59. The molecule has 94 valence electrons. The highest BCUT2D eigenvalue weighted by Crippen LogP contribution is 2.10. The molecule has 0 aliphatic carbocycles. The van der Waals surface area contributed by atoms with E-state index in [-0.39, 0.29) is 0 Å². The lowest BCUT2D eigenvalue weighted by molar-refractivity contribution is 0.0495. The summed E-state index contributed by atoms with van der Waals surface area (Å²) < 4.78 is 5.30. The number of hydrogen-bond donors (Lipinski definition) is 2. The van der Waals surface area contributed by atoms with Crippen LogP contribution in [-0.2, 0) is 4.74 Å². The number of nitrogens with one attached hydrogen (secondary N) is 2. The fraction of sp³-hybridized carbons (Fsp3) is 0.583. The molecule has 0 saturated carbocycles. The number of anilines is 2. The van der Waals surface area contributed by atoms with Crippen LogP contribution in [0, 0.1) is 0 Å². The highest BCUT2D eigenvalue weighted by molar-refractivity contribution is 5.44. The molecular formula is C12H20N4O. The number of rotatable bonds is 5. The number of hydrazine groups is 1. The first-order valence-corrected chi connectivity index (χ1v) is 6.19. The molecular weight excluding hydrogens is 216 g/mol. The quantitative estimate of drug-likeness (QED) is 0.812. The van der Waals surface area contributed by atoms with E-state index in [0.717, 1.165) is 50.9 Å². The average Bonchev–Trinajstić information content (AvgIpc) is 2.38. The zero-order valence-corrected chi connectivity index (χ0v) is 10.3. The Morgan fingerprint density at radius 3 is 2.82 bits per heavy atom. The summed E-state index contributed by atoms with van der Waals surface area (Å²) in [6.45, 7) is 6.45. The minimum Gasteiger partial charge on any atom is -0.379 e.